The highest BCUT2D eigenvalue weighted by Crippen LogP contribution is 2.33. The van der Waals surface area contributed by atoms with E-state index in [2.05, 4.69) is 5.32 Å². The molecule has 0 aromatic heterocycles. The zero-order chi connectivity index (χ0) is 20.1. The van der Waals surface area contributed by atoms with Gasteiger partial charge in [0.25, 0.3) is 0 Å². The Hall–Kier alpha value is -2.90. The second-order valence-corrected chi connectivity index (χ2v) is 6.29. The van der Waals surface area contributed by atoms with Crippen LogP contribution in [-0.2, 0) is 11.0 Å². The SMILES string of the molecule is CC(C(=O)NCCOc1cccc(C(F)(F)F)c1)c1ccc2c(c1)OCCO2. The lowest BCUT2D eigenvalue weighted by Gasteiger charge is -2.20. The third kappa shape index (κ3) is 4.88. The fourth-order valence-electron chi connectivity index (χ4n) is 2.74. The Morgan fingerprint density at radius 2 is 1.89 bits per heavy atom. The Morgan fingerprint density at radius 3 is 2.64 bits per heavy atom. The molecule has 1 N–H and O–H groups in total. The third-order valence-electron chi connectivity index (χ3n) is 4.29. The van der Waals surface area contributed by atoms with Gasteiger partial charge >= 0.3 is 6.18 Å². The average molecular weight is 395 g/mol. The molecule has 150 valence electrons. The summed E-state index contributed by atoms with van der Waals surface area (Å²) >= 11 is 0. The molecule has 0 aliphatic carbocycles. The number of benzene rings is 2. The van der Waals surface area contributed by atoms with Gasteiger partial charge in [-0.3, -0.25) is 4.79 Å². The molecule has 1 unspecified atom stereocenters. The van der Waals surface area contributed by atoms with Crippen LogP contribution >= 0.6 is 0 Å². The first-order chi connectivity index (χ1) is 13.3. The summed E-state index contributed by atoms with van der Waals surface area (Å²) in [4.78, 5) is 12.3. The van der Waals surface area contributed by atoms with Crippen LogP contribution in [-0.4, -0.2) is 32.3 Å². The first-order valence-electron chi connectivity index (χ1n) is 8.82. The number of hydrogen-bond donors (Lipinski definition) is 1. The average Bonchev–Trinajstić information content (AvgIpc) is 2.69. The van der Waals surface area contributed by atoms with E-state index in [0.717, 1.165) is 17.7 Å². The van der Waals surface area contributed by atoms with Gasteiger partial charge in [-0.1, -0.05) is 12.1 Å². The van der Waals surface area contributed by atoms with Gasteiger partial charge in [0.05, 0.1) is 18.0 Å². The van der Waals surface area contributed by atoms with E-state index in [4.69, 9.17) is 14.2 Å². The summed E-state index contributed by atoms with van der Waals surface area (Å²) < 4.78 is 54.3. The number of carbonyl (C=O) groups is 1. The lowest BCUT2D eigenvalue weighted by Crippen LogP contribution is -2.31. The van der Waals surface area contributed by atoms with Gasteiger partial charge in [-0.05, 0) is 42.8 Å². The highest BCUT2D eigenvalue weighted by molar-refractivity contribution is 5.83. The zero-order valence-electron chi connectivity index (χ0n) is 15.2. The molecule has 1 aliphatic rings. The predicted octanol–water partition coefficient (Wildman–Crippen LogP) is 3.78. The maximum atomic E-state index is 12.7. The number of halogens is 3. The summed E-state index contributed by atoms with van der Waals surface area (Å²) in [7, 11) is 0. The highest BCUT2D eigenvalue weighted by Gasteiger charge is 2.30. The number of alkyl halides is 3. The lowest BCUT2D eigenvalue weighted by molar-refractivity contribution is -0.137. The van der Waals surface area contributed by atoms with Gasteiger partial charge in [0, 0.05) is 0 Å². The second-order valence-electron chi connectivity index (χ2n) is 6.29. The van der Waals surface area contributed by atoms with Crippen molar-refractivity contribution in [1.82, 2.24) is 5.32 Å². The molecular weight excluding hydrogens is 375 g/mol. The molecule has 0 spiro atoms. The molecule has 1 atom stereocenters. The molecule has 0 bridgehead atoms. The smallest absolute Gasteiger partial charge is 0.416 e. The minimum Gasteiger partial charge on any atom is -0.492 e. The highest BCUT2D eigenvalue weighted by atomic mass is 19.4. The molecule has 3 rings (SSSR count). The van der Waals surface area contributed by atoms with Gasteiger partial charge in [0.1, 0.15) is 25.6 Å². The molecule has 0 radical (unpaired) electrons. The number of nitrogens with one attached hydrogen (secondary N) is 1. The monoisotopic (exact) mass is 395 g/mol. The van der Waals surface area contributed by atoms with Crippen molar-refractivity contribution in [3.05, 3.63) is 53.6 Å². The molecule has 0 fully saturated rings. The summed E-state index contributed by atoms with van der Waals surface area (Å²) in [5.74, 6) is 0.714. The van der Waals surface area contributed by atoms with Gasteiger partial charge in [-0.25, -0.2) is 0 Å². The number of fused-ring (bicyclic) bond motifs is 1. The number of ether oxygens (including phenoxy) is 3. The van der Waals surface area contributed by atoms with Crippen molar-refractivity contribution in [3.8, 4) is 17.2 Å². The molecular formula is C20H20F3NO4. The van der Waals surface area contributed by atoms with Crippen molar-refractivity contribution >= 4 is 5.91 Å². The summed E-state index contributed by atoms with van der Waals surface area (Å²) in [6.07, 6.45) is -4.42. The third-order valence-corrected chi connectivity index (χ3v) is 4.29. The van der Waals surface area contributed by atoms with Crippen LogP contribution in [0.15, 0.2) is 42.5 Å². The van der Waals surface area contributed by atoms with Crippen LogP contribution in [0.5, 0.6) is 17.2 Å². The number of hydrogen-bond acceptors (Lipinski definition) is 4. The minimum atomic E-state index is -4.42. The normalized spacial score (nSPS) is 14.3. The van der Waals surface area contributed by atoms with Crippen molar-refractivity contribution < 1.29 is 32.2 Å². The number of rotatable bonds is 6. The largest absolute Gasteiger partial charge is 0.492 e. The maximum Gasteiger partial charge on any atom is 0.416 e. The molecule has 0 saturated heterocycles. The Kier molecular flexibility index (Phi) is 5.96. The quantitative estimate of drug-likeness (QED) is 0.757. The van der Waals surface area contributed by atoms with Gasteiger partial charge in [0.2, 0.25) is 5.91 Å². The summed E-state index contributed by atoms with van der Waals surface area (Å²) in [6, 6.07) is 9.97. The van der Waals surface area contributed by atoms with Crippen molar-refractivity contribution in [2.75, 3.05) is 26.4 Å². The predicted molar refractivity (Wildman–Crippen MR) is 95.8 cm³/mol. The van der Waals surface area contributed by atoms with E-state index >= 15 is 0 Å². The second kappa shape index (κ2) is 8.41. The van der Waals surface area contributed by atoms with E-state index < -0.39 is 17.7 Å². The van der Waals surface area contributed by atoms with E-state index in [1.165, 1.54) is 12.1 Å². The van der Waals surface area contributed by atoms with Crippen LogP contribution in [0.25, 0.3) is 0 Å². The van der Waals surface area contributed by atoms with Crippen molar-refractivity contribution in [3.63, 3.8) is 0 Å². The molecule has 1 amide bonds. The van der Waals surface area contributed by atoms with Gasteiger partial charge in [-0.2, -0.15) is 13.2 Å². The van der Waals surface area contributed by atoms with E-state index in [-0.39, 0.29) is 24.8 Å². The van der Waals surface area contributed by atoms with E-state index in [9.17, 15) is 18.0 Å². The Morgan fingerprint density at radius 1 is 1.14 bits per heavy atom. The Labute approximate surface area is 160 Å². The molecule has 1 aliphatic heterocycles. The Bertz CT molecular complexity index is 838. The van der Waals surface area contributed by atoms with E-state index in [0.29, 0.717) is 24.7 Å². The molecule has 2 aromatic rings. The van der Waals surface area contributed by atoms with Crippen LogP contribution in [0.4, 0.5) is 13.2 Å². The molecule has 1 heterocycles. The van der Waals surface area contributed by atoms with E-state index in [1.807, 2.05) is 0 Å². The zero-order valence-corrected chi connectivity index (χ0v) is 15.2. The molecule has 5 nitrogen and oxygen atoms in total. The van der Waals surface area contributed by atoms with Crippen molar-refractivity contribution in [2.24, 2.45) is 0 Å². The standard InChI is InChI=1S/C20H20F3NO4/c1-13(14-5-6-17-18(11-14)28-10-9-27-17)19(25)24-7-8-26-16-4-2-3-15(12-16)20(21,22)23/h2-6,11-13H,7-10H2,1H3,(H,24,25). The topological polar surface area (TPSA) is 56.8 Å². The molecule has 2 aromatic carbocycles. The molecule has 8 heteroatoms. The summed E-state index contributed by atoms with van der Waals surface area (Å²) in [5.41, 5.74) is 0.00168. The van der Waals surface area contributed by atoms with Crippen LogP contribution in [0.1, 0.15) is 24.0 Å². The van der Waals surface area contributed by atoms with Crippen LogP contribution in [0.3, 0.4) is 0 Å². The molecule has 28 heavy (non-hydrogen) atoms. The van der Waals surface area contributed by atoms with Gasteiger partial charge < -0.3 is 19.5 Å². The fraction of sp³-hybridized carbons (Fsp3) is 0.350. The number of amides is 1. The summed E-state index contributed by atoms with van der Waals surface area (Å²) in [5, 5.41) is 2.72. The lowest BCUT2D eigenvalue weighted by atomic mass is 9.99. The van der Waals surface area contributed by atoms with Gasteiger partial charge in [0.15, 0.2) is 11.5 Å². The Balaban J connectivity index is 1.49. The first-order valence-corrected chi connectivity index (χ1v) is 8.82. The summed E-state index contributed by atoms with van der Waals surface area (Å²) in [6.45, 7) is 2.94. The first kappa shape index (κ1) is 19.9. The van der Waals surface area contributed by atoms with Crippen molar-refractivity contribution in [2.45, 2.75) is 19.0 Å². The molecule has 0 saturated carbocycles. The van der Waals surface area contributed by atoms with Crippen molar-refractivity contribution in [1.29, 1.82) is 0 Å². The fourth-order valence-corrected chi connectivity index (χ4v) is 2.74. The van der Waals surface area contributed by atoms with Crippen LogP contribution in [0, 0.1) is 0 Å². The van der Waals surface area contributed by atoms with Crippen LogP contribution in [0.2, 0.25) is 0 Å². The minimum absolute atomic E-state index is 0.0565. The van der Waals surface area contributed by atoms with Gasteiger partial charge in [-0.15, -0.1) is 0 Å². The van der Waals surface area contributed by atoms with E-state index in [1.54, 1.807) is 25.1 Å². The number of carbonyl (C=O) groups excluding carboxylic acids is 1. The maximum absolute atomic E-state index is 12.7. The van der Waals surface area contributed by atoms with Crippen LogP contribution < -0.4 is 19.5 Å².